The molecule has 1 atom stereocenters. The second-order valence-electron chi connectivity index (χ2n) is 5.12. The molecule has 3 heteroatoms. The second-order valence-corrected chi connectivity index (χ2v) is 5.12. The number of rotatable bonds is 5. The molecule has 0 aliphatic carbocycles. The number of hydrogen-bond donors (Lipinski definition) is 1. The molecule has 0 aromatic heterocycles. The summed E-state index contributed by atoms with van der Waals surface area (Å²) in [5.74, 6) is 1.08. The molecule has 2 aromatic rings. The Hall–Kier alpha value is -2.29. The Kier molecular flexibility index (Phi) is 4.99. The van der Waals surface area contributed by atoms with Crippen LogP contribution < -0.4 is 10.1 Å². The van der Waals surface area contributed by atoms with Crippen molar-refractivity contribution >= 4 is 11.6 Å². The number of nitrogens with one attached hydrogen (secondary N) is 1. The van der Waals surface area contributed by atoms with Crippen molar-refractivity contribution in [3.8, 4) is 5.75 Å². The van der Waals surface area contributed by atoms with Crippen LogP contribution in [0.2, 0.25) is 0 Å². The molecule has 21 heavy (non-hydrogen) atoms. The number of carbonyl (C=O) groups is 1. The maximum atomic E-state index is 12.2. The van der Waals surface area contributed by atoms with Gasteiger partial charge in [0.05, 0.1) is 7.11 Å². The van der Waals surface area contributed by atoms with Gasteiger partial charge in [0.15, 0.2) is 0 Å². The van der Waals surface area contributed by atoms with Crippen LogP contribution in [-0.2, 0) is 0 Å². The monoisotopic (exact) mass is 283 g/mol. The molecule has 0 unspecified atom stereocenters. The van der Waals surface area contributed by atoms with E-state index < -0.39 is 0 Å². The first kappa shape index (κ1) is 15.1. The van der Waals surface area contributed by atoms with Crippen LogP contribution in [0.1, 0.15) is 42.1 Å². The number of methoxy groups -OCH3 is 1. The summed E-state index contributed by atoms with van der Waals surface area (Å²) in [6.07, 6.45) is 1.11. The van der Waals surface area contributed by atoms with Gasteiger partial charge >= 0.3 is 0 Å². The van der Waals surface area contributed by atoms with Gasteiger partial charge in [-0.15, -0.1) is 0 Å². The Morgan fingerprint density at radius 2 is 1.90 bits per heavy atom. The first-order valence-corrected chi connectivity index (χ1v) is 7.19. The minimum Gasteiger partial charge on any atom is -0.497 e. The number of benzene rings is 2. The lowest BCUT2D eigenvalue weighted by Gasteiger charge is -2.11. The second kappa shape index (κ2) is 6.93. The third-order valence-corrected chi connectivity index (χ3v) is 3.68. The first-order valence-electron chi connectivity index (χ1n) is 7.19. The topological polar surface area (TPSA) is 38.3 Å². The van der Waals surface area contributed by atoms with Crippen LogP contribution >= 0.6 is 0 Å². The van der Waals surface area contributed by atoms with Crippen LogP contribution in [0.15, 0.2) is 48.5 Å². The van der Waals surface area contributed by atoms with Crippen LogP contribution in [0.3, 0.4) is 0 Å². The van der Waals surface area contributed by atoms with Gasteiger partial charge < -0.3 is 10.1 Å². The van der Waals surface area contributed by atoms with Crippen molar-refractivity contribution in [3.63, 3.8) is 0 Å². The zero-order valence-corrected chi connectivity index (χ0v) is 12.7. The highest BCUT2D eigenvalue weighted by Gasteiger charge is 2.08. The lowest BCUT2D eigenvalue weighted by Crippen LogP contribution is -2.11. The fourth-order valence-corrected chi connectivity index (χ4v) is 2.10. The Morgan fingerprint density at radius 1 is 1.19 bits per heavy atom. The van der Waals surface area contributed by atoms with Crippen molar-refractivity contribution in [2.45, 2.75) is 26.2 Å². The highest BCUT2D eigenvalue weighted by Crippen LogP contribution is 2.21. The summed E-state index contributed by atoms with van der Waals surface area (Å²) < 4.78 is 5.13. The van der Waals surface area contributed by atoms with E-state index in [0.717, 1.165) is 12.1 Å². The van der Waals surface area contributed by atoms with Crippen LogP contribution in [-0.4, -0.2) is 13.0 Å². The summed E-state index contributed by atoms with van der Waals surface area (Å²) in [4.78, 5) is 12.2. The molecule has 0 saturated heterocycles. The van der Waals surface area contributed by atoms with E-state index in [1.165, 1.54) is 5.56 Å². The van der Waals surface area contributed by atoms with E-state index in [1.807, 2.05) is 18.2 Å². The average molecular weight is 283 g/mol. The molecule has 0 saturated carbocycles. The molecule has 1 amide bonds. The number of hydrogen-bond acceptors (Lipinski definition) is 2. The van der Waals surface area contributed by atoms with Crippen molar-refractivity contribution in [2.75, 3.05) is 12.4 Å². The van der Waals surface area contributed by atoms with Crippen LogP contribution in [0, 0.1) is 0 Å². The van der Waals surface area contributed by atoms with Gasteiger partial charge in [-0.1, -0.05) is 32.0 Å². The van der Waals surface area contributed by atoms with Gasteiger partial charge in [0.25, 0.3) is 5.91 Å². The molecule has 0 aliphatic rings. The van der Waals surface area contributed by atoms with Crippen molar-refractivity contribution in [1.29, 1.82) is 0 Å². The van der Waals surface area contributed by atoms with Crippen molar-refractivity contribution in [1.82, 2.24) is 0 Å². The quantitative estimate of drug-likeness (QED) is 0.879. The third kappa shape index (κ3) is 3.85. The van der Waals surface area contributed by atoms with E-state index in [-0.39, 0.29) is 5.91 Å². The molecule has 110 valence electrons. The predicted octanol–water partition coefficient (Wildman–Crippen LogP) is 4.46. The maximum absolute atomic E-state index is 12.2. The molecule has 0 spiro atoms. The molecule has 3 nitrogen and oxygen atoms in total. The predicted molar refractivity (Wildman–Crippen MR) is 86.1 cm³/mol. The summed E-state index contributed by atoms with van der Waals surface area (Å²) in [5, 5.41) is 2.90. The van der Waals surface area contributed by atoms with Gasteiger partial charge in [0, 0.05) is 11.3 Å². The normalized spacial score (nSPS) is 11.8. The highest BCUT2D eigenvalue weighted by molar-refractivity contribution is 6.04. The van der Waals surface area contributed by atoms with Gasteiger partial charge in [0.2, 0.25) is 0 Å². The van der Waals surface area contributed by atoms with Crippen molar-refractivity contribution in [2.24, 2.45) is 0 Å². The smallest absolute Gasteiger partial charge is 0.255 e. The molecular formula is C18H21NO2. The van der Waals surface area contributed by atoms with Crippen LogP contribution in [0.25, 0.3) is 0 Å². The summed E-state index contributed by atoms with van der Waals surface area (Å²) in [6.45, 7) is 4.37. The summed E-state index contributed by atoms with van der Waals surface area (Å²) in [5.41, 5.74) is 2.67. The van der Waals surface area contributed by atoms with Crippen molar-refractivity contribution < 1.29 is 9.53 Å². The SMILES string of the molecule is CC[C@@H](C)c1ccc(NC(=O)c2cccc(OC)c2)cc1. The number of amides is 1. The Balaban J connectivity index is 2.08. The van der Waals surface area contributed by atoms with E-state index in [9.17, 15) is 4.79 Å². The number of ether oxygens (including phenoxy) is 1. The number of carbonyl (C=O) groups excluding carboxylic acids is 1. The lowest BCUT2D eigenvalue weighted by atomic mass is 9.98. The molecule has 0 aliphatic heterocycles. The Labute approximate surface area is 126 Å². The van der Waals surface area contributed by atoms with Gasteiger partial charge in [-0.2, -0.15) is 0 Å². The van der Waals surface area contributed by atoms with Crippen LogP contribution in [0.4, 0.5) is 5.69 Å². The van der Waals surface area contributed by atoms with Gasteiger partial charge in [-0.25, -0.2) is 0 Å². The molecule has 0 radical (unpaired) electrons. The first-order chi connectivity index (χ1) is 10.1. The molecule has 0 bridgehead atoms. The zero-order chi connectivity index (χ0) is 15.2. The van der Waals surface area contributed by atoms with Crippen LogP contribution in [0.5, 0.6) is 5.75 Å². The summed E-state index contributed by atoms with van der Waals surface area (Å²) in [7, 11) is 1.59. The van der Waals surface area contributed by atoms with E-state index in [0.29, 0.717) is 17.2 Å². The summed E-state index contributed by atoms with van der Waals surface area (Å²) >= 11 is 0. The van der Waals surface area contributed by atoms with E-state index >= 15 is 0 Å². The molecular weight excluding hydrogens is 262 g/mol. The standard InChI is InChI=1S/C18H21NO2/c1-4-13(2)14-8-10-16(11-9-14)19-18(20)15-6-5-7-17(12-15)21-3/h5-13H,4H2,1-3H3,(H,19,20)/t13-/m1/s1. The third-order valence-electron chi connectivity index (χ3n) is 3.68. The van der Waals surface area contributed by atoms with E-state index in [1.54, 1.807) is 25.3 Å². The van der Waals surface area contributed by atoms with E-state index in [2.05, 4.69) is 31.3 Å². The lowest BCUT2D eigenvalue weighted by molar-refractivity contribution is 0.102. The zero-order valence-electron chi connectivity index (χ0n) is 12.7. The van der Waals surface area contributed by atoms with Gasteiger partial charge in [-0.05, 0) is 48.2 Å². The molecule has 1 N–H and O–H groups in total. The van der Waals surface area contributed by atoms with Gasteiger partial charge in [0.1, 0.15) is 5.75 Å². The minimum atomic E-state index is -0.134. The molecule has 0 heterocycles. The van der Waals surface area contributed by atoms with Gasteiger partial charge in [-0.3, -0.25) is 4.79 Å². The average Bonchev–Trinajstić information content (AvgIpc) is 2.54. The highest BCUT2D eigenvalue weighted by atomic mass is 16.5. The summed E-state index contributed by atoms with van der Waals surface area (Å²) in [6, 6.07) is 15.1. The largest absolute Gasteiger partial charge is 0.497 e. The molecule has 2 aromatic carbocycles. The fraction of sp³-hybridized carbons (Fsp3) is 0.278. The van der Waals surface area contributed by atoms with E-state index in [4.69, 9.17) is 4.74 Å². The fourth-order valence-electron chi connectivity index (χ4n) is 2.10. The minimum absolute atomic E-state index is 0.134. The molecule has 2 rings (SSSR count). The Bertz CT molecular complexity index is 605. The Morgan fingerprint density at radius 3 is 2.52 bits per heavy atom. The van der Waals surface area contributed by atoms with Crippen molar-refractivity contribution in [3.05, 3.63) is 59.7 Å². The molecule has 0 fully saturated rings. The number of anilines is 1. The maximum Gasteiger partial charge on any atom is 0.255 e.